The van der Waals surface area contributed by atoms with Gasteiger partial charge in [0, 0.05) is 17.5 Å². The number of nitro benzene ring substituents is 1. The second-order valence-electron chi connectivity index (χ2n) is 7.11. The summed E-state index contributed by atoms with van der Waals surface area (Å²) in [6, 6.07) is 11.2. The fraction of sp³-hybridized carbons (Fsp3) is 0.190. The number of amides is 1. The SMILES string of the molecule is CC1=C(C(=O)Nc2cccc(C)c2C)C(c2ccccc2[N+](=O)[O-])n2ncnc2N1. The highest BCUT2D eigenvalue weighted by molar-refractivity contribution is 6.06. The third kappa shape index (κ3) is 3.20. The van der Waals surface area contributed by atoms with Crippen LogP contribution in [0.25, 0.3) is 0 Å². The van der Waals surface area contributed by atoms with Gasteiger partial charge in [0.05, 0.1) is 16.1 Å². The van der Waals surface area contributed by atoms with Crippen molar-refractivity contribution in [2.75, 3.05) is 10.6 Å². The van der Waals surface area contributed by atoms with Gasteiger partial charge in [-0.3, -0.25) is 14.9 Å². The molecule has 0 saturated heterocycles. The minimum absolute atomic E-state index is 0.0873. The standard InChI is InChI=1S/C21H20N6O3/c1-12-7-6-9-16(13(12)2)25-20(28)18-14(3)24-21-22-11-23-26(21)19(18)15-8-4-5-10-17(15)27(29)30/h4-11,19H,1-3H3,(H,25,28)(H,22,23,24). The smallest absolute Gasteiger partial charge is 0.275 e. The number of anilines is 2. The average Bonchev–Trinajstić information content (AvgIpc) is 3.18. The summed E-state index contributed by atoms with van der Waals surface area (Å²) in [5.74, 6) is 0.0527. The molecule has 0 aliphatic carbocycles. The first-order valence-corrected chi connectivity index (χ1v) is 9.36. The van der Waals surface area contributed by atoms with Gasteiger partial charge in [-0.05, 0) is 44.0 Å². The number of allylic oxidation sites excluding steroid dienone is 1. The van der Waals surface area contributed by atoms with Gasteiger partial charge in [0.25, 0.3) is 11.6 Å². The van der Waals surface area contributed by atoms with E-state index in [2.05, 4.69) is 20.7 Å². The minimum atomic E-state index is -0.796. The Morgan fingerprint density at radius 1 is 1.17 bits per heavy atom. The number of nitro groups is 1. The minimum Gasteiger partial charge on any atom is -0.328 e. The molecule has 4 rings (SSSR count). The van der Waals surface area contributed by atoms with E-state index in [0.29, 0.717) is 28.5 Å². The van der Waals surface area contributed by atoms with Crippen molar-refractivity contribution in [3.05, 3.63) is 86.9 Å². The van der Waals surface area contributed by atoms with Crippen LogP contribution in [0.2, 0.25) is 0 Å². The first-order valence-electron chi connectivity index (χ1n) is 9.36. The van der Waals surface area contributed by atoms with Crippen LogP contribution in [0.3, 0.4) is 0 Å². The molecule has 9 heteroatoms. The van der Waals surface area contributed by atoms with Crippen LogP contribution >= 0.6 is 0 Å². The highest BCUT2D eigenvalue weighted by atomic mass is 16.6. The number of carbonyl (C=O) groups is 1. The Bertz CT molecular complexity index is 1200. The van der Waals surface area contributed by atoms with Crippen molar-refractivity contribution in [1.29, 1.82) is 0 Å². The number of fused-ring (bicyclic) bond motifs is 1. The molecule has 2 aromatic carbocycles. The Kier molecular flexibility index (Phi) is 4.78. The zero-order valence-electron chi connectivity index (χ0n) is 16.7. The Morgan fingerprint density at radius 2 is 1.93 bits per heavy atom. The van der Waals surface area contributed by atoms with Crippen LogP contribution in [-0.2, 0) is 4.79 Å². The quantitative estimate of drug-likeness (QED) is 0.506. The third-order valence-corrected chi connectivity index (χ3v) is 5.32. The number of nitrogens with zero attached hydrogens (tertiary/aromatic N) is 4. The predicted octanol–water partition coefficient (Wildman–Crippen LogP) is 3.73. The maximum Gasteiger partial charge on any atom is 0.275 e. The van der Waals surface area contributed by atoms with E-state index in [1.165, 1.54) is 17.1 Å². The molecule has 1 unspecified atom stereocenters. The molecule has 0 saturated carbocycles. The maximum absolute atomic E-state index is 13.4. The summed E-state index contributed by atoms with van der Waals surface area (Å²) < 4.78 is 1.49. The normalized spacial score (nSPS) is 15.4. The van der Waals surface area contributed by atoms with Gasteiger partial charge in [0.2, 0.25) is 5.95 Å². The molecule has 9 nitrogen and oxygen atoms in total. The third-order valence-electron chi connectivity index (χ3n) is 5.32. The second kappa shape index (κ2) is 7.43. The maximum atomic E-state index is 13.4. The van der Waals surface area contributed by atoms with Crippen LogP contribution in [0.1, 0.15) is 29.7 Å². The number of benzene rings is 2. The van der Waals surface area contributed by atoms with E-state index in [1.54, 1.807) is 25.1 Å². The lowest BCUT2D eigenvalue weighted by Crippen LogP contribution is -2.32. The molecule has 1 amide bonds. The number of nitrogens with one attached hydrogen (secondary N) is 2. The Hall–Kier alpha value is -4.01. The van der Waals surface area contributed by atoms with E-state index in [1.807, 2.05) is 32.0 Å². The van der Waals surface area contributed by atoms with Crippen molar-refractivity contribution < 1.29 is 9.72 Å². The summed E-state index contributed by atoms with van der Waals surface area (Å²) in [5, 5.41) is 21.9. The van der Waals surface area contributed by atoms with Crippen LogP contribution in [-0.4, -0.2) is 25.6 Å². The Labute approximate surface area is 172 Å². The average molecular weight is 404 g/mol. The molecule has 1 aliphatic rings. The van der Waals surface area contributed by atoms with E-state index in [0.717, 1.165) is 11.1 Å². The van der Waals surface area contributed by atoms with Gasteiger partial charge in [-0.25, -0.2) is 4.68 Å². The summed E-state index contributed by atoms with van der Waals surface area (Å²) >= 11 is 0. The van der Waals surface area contributed by atoms with Crippen LogP contribution in [0.4, 0.5) is 17.3 Å². The zero-order valence-corrected chi connectivity index (χ0v) is 16.7. The van der Waals surface area contributed by atoms with Gasteiger partial charge < -0.3 is 10.6 Å². The number of hydrogen-bond acceptors (Lipinski definition) is 6. The lowest BCUT2D eigenvalue weighted by atomic mass is 9.93. The summed E-state index contributed by atoms with van der Waals surface area (Å²) in [5.41, 5.74) is 3.86. The zero-order chi connectivity index (χ0) is 21.4. The van der Waals surface area contributed by atoms with Gasteiger partial charge >= 0.3 is 0 Å². The molecular formula is C21H20N6O3. The van der Waals surface area contributed by atoms with Crippen molar-refractivity contribution in [2.24, 2.45) is 0 Å². The lowest BCUT2D eigenvalue weighted by molar-refractivity contribution is -0.385. The molecule has 0 radical (unpaired) electrons. The molecule has 30 heavy (non-hydrogen) atoms. The molecule has 1 aromatic heterocycles. The fourth-order valence-electron chi connectivity index (χ4n) is 3.63. The Morgan fingerprint density at radius 3 is 2.70 bits per heavy atom. The van der Waals surface area contributed by atoms with Crippen LogP contribution < -0.4 is 10.6 Å². The number of rotatable bonds is 4. The molecule has 0 bridgehead atoms. The van der Waals surface area contributed by atoms with Gasteiger partial charge in [0.1, 0.15) is 12.4 Å². The highest BCUT2D eigenvalue weighted by Gasteiger charge is 2.37. The number of hydrogen-bond donors (Lipinski definition) is 2. The van der Waals surface area contributed by atoms with Gasteiger partial charge in [-0.1, -0.05) is 24.3 Å². The molecular weight excluding hydrogens is 384 g/mol. The first kappa shape index (κ1) is 19.3. The molecule has 1 atom stereocenters. The van der Waals surface area contributed by atoms with Crippen LogP contribution in [0.15, 0.2) is 60.1 Å². The van der Waals surface area contributed by atoms with Crippen molar-refractivity contribution >= 4 is 23.2 Å². The van der Waals surface area contributed by atoms with E-state index < -0.39 is 11.0 Å². The van der Waals surface area contributed by atoms with E-state index in [-0.39, 0.29) is 11.6 Å². The fourth-order valence-corrected chi connectivity index (χ4v) is 3.63. The summed E-state index contributed by atoms with van der Waals surface area (Å²) in [6.07, 6.45) is 1.35. The number of para-hydroxylation sites is 1. The second-order valence-corrected chi connectivity index (χ2v) is 7.11. The monoisotopic (exact) mass is 404 g/mol. The lowest BCUT2D eigenvalue weighted by Gasteiger charge is -2.28. The Balaban J connectivity index is 1.84. The molecule has 0 spiro atoms. The van der Waals surface area contributed by atoms with Gasteiger partial charge in [0.15, 0.2) is 0 Å². The topological polar surface area (TPSA) is 115 Å². The largest absolute Gasteiger partial charge is 0.328 e. The number of carbonyl (C=O) groups excluding carboxylic acids is 1. The van der Waals surface area contributed by atoms with Crippen molar-refractivity contribution in [1.82, 2.24) is 14.8 Å². The number of aromatic nitrogens is 3. The summed E-state index contributed by atoms with van der Waals surface area (Å²) in [4.78, 5) is 28.8. The van der Waals surface area contributed by atoms with E-state index >= 15 is 0 Å². The van der Waals surface area contributed by atoms with Crippen molar-refractivity contribution in [3.63, 3.8) is 0 Å². The predicted molar refractivity (Wildman–Crippen MR) is 112 cm³/mol. The summed E-state index contributed by atoms with van der Waals surface area (Å²) in [6.45, 7) is 5.65. The van der Waals surface area contributed by atoms with Gasteiger partial charge in [-0.15, -0.1) is 0 Å². The first-order chi connectivity index (χ1) is 14.4. The van der Waals surface area contributed by atoms with E-state index in [9.17, 15) is 14.9 Å². The molecule has 3 aromatic rings. The van der Waals surface area contributed by atoms with E-state index in [4.69, 9.17) is 0 Å². The molecule has 2 N–H and O–H groups in total. The van der Waals surface area contributed by atoms with Crippen LogP contribution in [0.5, 0.6) is 0 Å². The van der Waals surface area contributed by atoms with Crippen LogP contribution in [0, 0.1) is 24.0 Å². The van der Waals surface area contributed by atoms with Crippen molar-refractivity contribution in [3.8, 4) is 0 Å². The number of aryl methyl sites for hydroxylation is 1. The van der Waals surface area contributed by atoms with Gasteiger partial charge in [-0.2, -0.15) is 10.1 Å². The van der Waals surface area contributed by atoms with Crippen molar-refractivity contribution in [2.45, 2.75) is 26.8 Å². The molecule has 0 fully saturated rings. The summed E-state index contributed by atoms with van der Waals surface area (Å²) in [7, 11) is 0. The molecule has 1 aliphatic heterocycles. The molecule has 152 valence electrons. The highest BCUT2D eigenvalue weighted by Crippen LogP contribution is 2.39. The molecule has 2 heterocycles.